The van der Waals surface area contributed by atoms with E-state index in [9.17, 15) is 22.8 Å². The van der Waals surface area contributed by atoms with Gasteiger partial charge >= 0.3 is 17.9 Å². The fraction of sp³-hybridized carbons (Fsp3) is 0.214. The lowest BCUT2D eigenvalue weighted by Crippen LogP contribution is -2.13. The van der Waals surface area contributed by atoms with Gasteiger partial charge in [-0.05, 0) is 12.1 Å². The molecule has 146 valence electrons. The highest BCUT2D eigenvalue weighted by atomic mass is 32.2. The summed E-state index contributed by atoms with van der Waals surface area (Å²) in [5, 5.41) is 4.24. The summed E-state index contributed by atoms with van der Waals surface area (Å²) in [6, 6.07) is 2.03. The Balaban J connectivity index is 2.31. The van der Waals surface area contributed by atoms with Crippen molar-refractivity contribution in [3.8, 4) is 0 Å². The average Bonchev–Trinajstić information content (AvgIpc) is 3.23. The van der Waals surface area contributed by atoms with Crippen LogP contribution in [-0.2, 0) is 30.8 Å². The highest BCUT2D eigenvalue weighted by Crippen LogP contribution is 2.33. The van der Waals surface area contributed by atoms with Gasteiger partial charge in [0.25, 0.3) is 10.0 Å². The van der Waals surface area contributed by atoms with E-state index in [1.54, 1.807) is 0 Å². The molecule has 0 fully saturated rings. The van der Waals surface area contributed by atoms with E-state index in [2.05, 4.69) is 9.47 Å². The number of ether oxygens (including phenoxy) is 3. The van der Waals surface area contributed by atoms with Crippen LogP contribution in [0.2, 0.25) is 0 Å². The Hall–Kier alpha value is -2.90. The normalized spacial score (nSPS) is 11.1. The van der Waals surface area contributed by atoms with E-state index in [1.165, 1.54) is 0 Å². The van der Waals surface area contributed by atoms with Crippen LogP contribution in [0.15, 0.2) is 21.6 Å². The molecule has 2 heterocycles. The van der Waals surface area contributed by atoms with Gasteiger partial charge in [0.1, 0.15) is 22.0 Å². The molecule has 0 atom stereocenters. The fourth-order valence-electron chi connectivity index (χ4n) is 2.00. The van der Waals surface area contributed by atoms with Crippen LogP contribution in [0.1, 0.15) is 36.1 Å². The SMILES string of the molecule is COC(=O)c1sc(N)c(C(=O)OC)c1COC(=O)c1ccc(S(N)(=O)=O)o1. The number of carbonyl (C=O) groups excluding carboxylic acids is 3. The minimum absolute atomic E-state index is 0.0113. The molecule has 2 aromatic rings. The lowest BCUT2D eigenvalue weighted by atomic mass is 10.1. The van der Waals surface area contributed by atoms with E-state index in [0.717, 1.165) is 37.7 Å². The maximum atomic E-state index is 12.1. The number of anilines is 1. The summed E-state index contributed by atoms with van der Waals surface area (Å²) in [7, 11) is -1.89. The van der Waals surface area contributed by atoms with E-state index in [1.807, 2.05) is 0 Å². The fourth-order valence-corrected chi connectivity index (χ4v) is 3.44. The lowest BCUT2D eigenvalue weighted by Gasteiger charge is -2.07. The molecule has 0 aromatic carbocycles. The van der Waals surface area contributed by atoms with Gasteiger partial charge in [-0.2, -0.15) is 0 Å². The number of rotatable bonds is 6. The Kier molecular flexibility index (Phi) is 5.88. The molecule has 0 radical (unpaired) electrons. The number of sulfonamides is 1. The largest absolute Gasteiger partial charge is 0.465 e. The van der Waals surface area contributed by atoms with Crippen molar-refractivity contribution in [2.24, 2.45) is 5.14 Å². The second-order valence-corrected chi connectivity index (χ2v) is 7.42. The summed E-state index contributed by atoms with van der Waals surface area (Å²) in [6.45, 7) is -0.549. The van der Waals surface area contributed by atoms with Crippen LogP contribution in [0.25, 0.3) is 0 Å². The summed E-state index contributed by atoms with van der Waals surface area (Å²) in [5.41, 5.74) is 5.60. The average molecular weight is 418 g/mol. The monoisotopic (exact) mass is 418 g/mol. The first kappa shape index (κ1) is 20.4. The molecule has 0 saturated carbocycles. The van der Waals surface area contributed by atoms with Crippen LogP contribution in [0.5, 0.6) is 0 Å². The van der Waals surface area contributed by atoms with Crippen LogP contribution in [-0.4, -0.2) is 40.5 Å². The number of hydrogen-bond acceptors (Lipinski definition) is 11. The van der Waals surface area contributed by atoms with Crippen LogP contribution in [0.4, 0.5) is 5.00 Å². The number of furan rings is 1. The molecule has 0 unspecified atom stereocenters. The molecule has 13 heteroatoms. The third kappa shape index (κ3) is 4.27. The Labute approximate surface area is 156 Å². The smallest absolute Gasteiger partial charge is 0.374 e. The van der Waals surface area contributed by atoms with Crippen molar-refractivity contribution in [1.82, 2.24) is 0 Å². The maximum absolute atomic E-state index is 12.1. The maximum Gasteiger partial charge on any atom is 0.374 e. The molecule has 0 aliphatic heterocycles. The van der Waals surface area contributed by atoms with Gasteiger partial charge in [0.15, 0.2) is 0 Å². The Morgan fingerprint density at radius 3 is 2.26 bits per heavy atom. The number of hydrogen-bond donors (Lipinski definition) is 2. The van der Waals surface area contributed by atoms with Crippen molar-refractivity contribution >= 4 is 44.3 Å². The zero-order valence-electron chi connectivity index (χ0n) is 14.0. The van der Waals surface area contributed by atoms with Gasteiger partial charge in [-0.1, -0.05) is 0 Å². The molecule has 4 N–H and O–H groups in total. The zero-order valence-corrected chi connectivity index (χ0v) is 15.6. The Bertz CT molecular complexity index is 1000. The number of methoxy groups -OCH3 is 2. The number of primary sulfonamides is 1. The topological polar surface area (TPSA) is 178 Å². The van der Waals surface area contributed by atoms with Crippen molar-refractivity contribution in [2.75, 3.05) is 20.0 Å². The minimum atomic E-state index is -4.13. The standard InChI is InChI=1S/C14H14N2O9S2/c1-22-13(18)9-6(10(14(19)23-2)26-11(9)15)5-24-12(17)7-3-4-8(25-7)27(16,20)21/h3-4H,5,15H2,1-2H3,(H2,16,20,21). The third-order valence-electron chi connectivity index (χ3n) is 3.21. The minimum Gasteiger partial charge on any atom is -0.465 e. The molecule has 0 amide bonds. The lowest BCUT2D eigenvalue weighted by molar-refractivity contribution is 0.0414. The molecular weight excluding hydrogens is 404 g/mol. The second-order valence-electron chi connectivity index (χ2n) is 4.87. The van der Waals surface area contributed by atoms with E-state index in [-0.39, 0.29) is 21.0 Å². The van der Waals surface area contributed by atoms with Crippen molar-refractivity contribution in [1.29, 1.82) is 0 Å². The zero-order chi connectivity index (χ0) is 20.4. The van der Waals surface area contributed by atoms with Crippen LogP contribution < -0.4 is 10.9 Å². The number of nitrogen functional groups attached to an aromatic ring is 1. The molecule has 2 rings (SSSR count). The first-order chi connectivity index (χ1) is 12.6. The second kappa shape index (κ2) is 7.77. The Morgan fingerprint density at radius 2 is 1.74 bits per heavy atom. The number of carbonyl (C=O) groups is 3. The number of thiophene rings is 1. The molecule has 0 aliphatic carbocycles. The highest BCUT2D eigenvalue weighted by molar-refractivity contribution is 7.89. The molecule has 2 aromatic heterocycles. The molecular formula is C14H14N2O9S2. The molecule has 0 aliphatic rings. The number of nitrogens with two attached hydrogens (primary N) is 2. The van der Waals surface area contributed by atoms with Crippen LogP contribution in [0.3, 0.4) is 0 Å². The molecule has 0 bridgehead atoms. The highest BCUT2D eigenvalue weighted by Gasteiger charge is 2.28. The molecule has 27 heavy (non-hydrogen) atoms. The molecule has 0 saturated heterocycles. The van der Waals surface area contributed by atoms with Gasteiger partial charge in [-0.3, -0.25) is 0 Å². The molecule has 11 nitrogen and oxygen atoms in total. The van der Waals surface area contributed by atoms with Gasteiger partial charge in [-0.25, -0.2) is 27.9 Å². The van der Waals surface area contributed by atoms with Crippen LogP contribution >= 0.6 is 11.3 Å². The summed E-state index contributed by atoms with van der Waals surface area (Å²) < 4.78 is 41.4. The summed E-state index contributed by atoms with van der Waals surface area (Å²) in [5.74, 6) is -3.12. The predicted octanol–water partition coefficient (Wildman–Crippen LogP) is 0.501. The van der Waals surface area contributed by atoms with E-state index >= 15 is 0 Å². The first-order valence-corrected chi connectivity index (χ1v) is 9.34. The molecule has 0 spiro atoms. The van der Waals surface area contributed by atoms with E-state index in [4.69, 9.17) is 20.0 Å². The van der Waals surface area contributed by atoms with Crippen molar-refractivity contribution in [3.05, 3.63) is 33.9 Å². The first-order valence-electron chi connectivity index (χ1n) is 6.97. The summed E-state index contributed by atoms with van der Waals surface area (Å²) in [6.07, 6.45) is 0. The summed E-state index contributed by atoms with van der Waals surface area (Å²) >= 11 is 0.764. The third-order valence-corrected chi connectivity index (χ3v) is 5.03. The quantitative estimate of drug-likeness (QED) is 0.495. The van der Waals surface area contributed by atoms with Gasteiger partial charge in [0, 0.05) is 5.56 Å². The van der Waals surface area contributed by atoms with Gasteiger partial charge in [0.05, 0.1) is 14.2 Å². The predicted molar refractivity (Wildman–Crippen MR) is 90.6 cm³/mol. The van der Waals surface area contributed by atoms with Crippen LogP contribution in [0, 0.1) is 0 Å². The van der Waals surface area contributed by atoms with Gasteiger partial charge in [0.2, 0.25) is 10.9 Å². The van der Waals surface area contributed by atoms with Crippen molar-refractivity contribution < 1.29 is 41.4 Å². The van der Waals surface area contributed by atoms with Crippen molar-refractivity contribution in [3.63, 3.8) is 0 Å². The van der Waals surface area contributed by atoms with Gasteiger partial charge < -0.3 is 24.4 Å². The van der Waals surface area contributed by atoms with Crippen molar-refractivity contribution in [2.45, 2.75) is 11.7 Å². The van der Waals surface area contributed by atoms with E-state index < -0.39 is 45.4 Å². The number of esters is 3. The summed E-state index contributed by atoms with van der Waals surface area (Å²) in [4.78, 5) is 35.8. The van der Waals surface area contributed by atoms with Gasteiger partial charge in [-0.15, -0.1) is 11.3 Å². The Morgan fingerprint density at radius 1 is 1.11 bits per heavy atom. The van der Waals surface area contributed by atoms with E-state index in [0.29, 0.717) is 0 Å².